The molecule has 0 saturated heterocycles. The van der Waals surface area contributed by atoms with Gasteiger partial charge in [0, 0.05) is 24.3 Å². The summed E-state index contributed by atoms with van der Waals surface area (Å²) in [7, 11) is -8.89. The minimum Gasteiger partial charge on any atom is -0.282 e. The van der Waals surface area contributed by atoms with Gasteiger partial charge in [-0.2, -0.15) is 16.8 Å². The second-order valence-corrected chi connectivity index (χ2v) is 10.9. The van der Waals surface area contributed by atoms with E-state index in [0.717, 1.165) is 0 Å². The van der Waals surface area contributed by atoms with Gasteiger partial charge in [0.1, 0.15) is 9.79 Å². The maximum atomic E-state index is 11.5. The summed E-state index contributed by atoms with van der Waals surface area (Å²) in [4.78, 5) is -0.632. The topological polar surface area (TPSA) is 109 Å². The predicted octanol–water partition coefficient (Wildman–Crippen LogP) is 4.82. The van der Waals surface area contributed by atoms with Gasteiger partial charge in [0.2, 0.25) is 0 Å². The van der Waals surface area contributed by atoms with Crippen LogP contribution in [0.25, 0.3) is 0 Å². The zero-order chi connectivity index (χ0) is 19.2. The van der Waals surface area contributed by atoms with Crippen LogP contribution in [0.5, 0.6) is 0 Å². The number of hydrogen-bond donors (Lipinski definition) is 2. The van der Waals surface area contributed by atoms with Crippen molar-refractivity contribution < 1.29 is 25.9 Å². The highest BCUT2D eigenvalue weighted by atomic mass is 79.9. The third kappa shape index (κ3) is 4.72. The van der Waals surface area contributed by atoms with Crippen molar-refractivity contribution in [2.75, 3.05) is 0 Å². The largest absolute Gasteiger partial charge is 0.295 e. The Morgan fingerprint density at radius 1 is 0.680 bits per heavy atom. The van der Waals surface area contributed by atoms with E-state index in [2.05, 4.69) is 63.7 Å². The third-order valence-electron chi connectivity index (χ3n) is 3.21. The van der Waals surface area contributed by atoms with E-state index in [0.29, 0.717) is 20.1 Å². The zero-order valence-corrected chi connectivity index (χ0v) is 19.8. The molecule has 0 radical (unpaired) electrons. The fraction of sp³-hybridized carbons (Fsp3) is 0.0769. The monoisotopic (exact) mass is 640 g/mol. The molecule has 0 unspecified atom stereocenters. The first-order valence-electron chi connectivity index (χ1n) is 6.22. The van der Waals surface area contributed by atoms with Gasteiger partial charge in [-0.15, -0.1) is 0 Å². The second-order valence-electron chi connectivity index (χ2n) is 4.80. The molecule has 0 heterocycles. The molecule has 2 aromatic rings. The van der Waals surface area contributed by atoms with E-state index in [1.54, 1.807) is 0 Å². The molecule has 0 aliphatic heterocycles. The van der Waals surface area contributed by atoms with Crippen LogP contribution >= 0.6 is 63.7 Å². The maximum Gasteiger partial charge on any atom is 0.295 e. The summed E-state index contributed by atoms with van der Waals surface area (Å²) in [6.45, 7) is 0. The summed E-state index contributed by atoms with van der Waals surface area (Å²) >= 11 is 12.9. The summed E-state index contributed by atoms with van der Waals surface area (Å²) in [5.41, 5.74) is 0.924. The molecule has 0 saturated carbocycles. The molecule has 0 fully saturated rings. The minimum atomic E-state index is -4.44. The zero-order valence-electron chi connectivity index (χ0n) is 11.9. The van der Waals surface area contributed by atoms with Crippen molar-refractivity contribution in [3.63, 3.8) is 0 Å². The van der Waals surface area contributed by atoms with Crippen molar-refractivity contribution >= 4 is 84.0 Å². The van der Waals surface area contributed by atoms with E-state index in [9.17, 15) is 25.9 Å². The molecule has 0 bridgehead atoms. The molecule has 0 aliphatic carbocycles. The van der Waals surface area contributed by atoms with E-state index in [1.165, 1.54) is 24.3 Å². The van der Waals surface area contributed by atoms with Gasteiger partial charge in [0.05, 0.1) is 0 Å². The van der Waals surface area contributed by atoms with E-state index >= 15 is 0 Å². The summed E-state index contributed by atoms with van der Waals surface area (Å²) in [6, 6.07) is 5.37. The van der Waals surface area contributed by atoms with Crippen LogP contribution in [0.2, 0.25) is 0 Å². The van der Waals surface area contributed by atoms with Gasteiger partial charge >= 0.3 is 0 Å². The molecule has 136 valence electrons. The van der Waals surface area contributed by atoms with Gasteiger partial charge in [0.25, 0.3) is 20.2 Å². The van der Waals surface area contributed by atoms with E-state index in [4.69, 9.17) is 0 Å². The third-order valence-corrected chi connectivity index (χ3v) is 8.82. The Balaban J connectivity index is 2.70. The van der Waals surface area contributed by atoms with Crippen LogP contribution in [0.4, 0.5) is 0 Å². The van der Waals surface area contributed by atoms with Crippen molar-refractivity contribution in [3.8, 4) is 0 Å². The van der Waals surface area contributed by atoms with Crippen molar-refractivity contribution in [1.82, 2.24) is 0 Å². The predicted molar refractivity (Wildman–Crippen MR) is 106 cm³/mol. The molecule has 12 heteroatoms. The molecule has 2 rings (SSSR count). The quantitative estimate of drug-likeness (QED) is 0.463. The van der Waals surface area contributed by atoms with Crippen LogP contribution in [0.15, 0.2) is 51.9 Å². The highest BCUT2D eigenvalue weighted by Gasteiger charge is 2.23. The van der Waals surface area contributed by atoms with Gasteiger partial charge in [-0.05, 0) is 67.3 Å². The Morgan fingerprint density at radius 3 is 1.28 bits per heavy atom. The lowest BCUT2D eigenvalue weighted by Crippen LogP contribution is -2.05. The van der Waals surface area contributed by atoms with E-state index in [1.807, 2.05) is 0 Å². The lowest BCUT2D eigenvalue weighted by atomic mass is 10.1. The summed E-state index contributed by atoms with van der Waals surface area (Å²) in [5.74, 6) is 0. The van der Waals surface area contributed by atoms with Gasteiger partial charge in [-0.25, -0.2) is 0 Å². The Bertz CT molecular complexity index is 979. The normalized spacial score (nSPS) is 12.4. The summed E-state index contributed by atoms with van der Waals surface area (Å²) in [5, 5.41) is 0. The van der Waals surface area contributed by atoms with Gasteiger partial charge in [-0.3, -0.25) is 9.11 Å². The van der Waals surface area contributed by atoms with Gasteiger partial charge in [0.15, 0.2) is 0 Å². The van der Waals surface area contributed by atoms with E-state index < -0.39 is 20.2 Å². The first-order valence-corrected chi connectivity index (χ1v) is 12.3. The van der Waals surface area contributed by atoms with Crippen molar-refractivity contribution in [1.29, 1.82) is 0 Å². The van der Waals surface area contributed by atoms with Gasteiger partial charge < -0.3 is 0 Å². The molecule has 6 nitrogen and oxygen atoms in total. The highest BCUT2D eigenvalue weighted by Crippen LogP contribution is 2.38. The van der Waals surface area contributed by atoms with Crippen molar-refractivity contribution in [3.05, 3.63) is 53.3 Å². The average molecular weight is 644 g/mol. The van der Waals surface area contributed by atoms with Crippen LogP contribution in [0.1, 0.15) is 11.1 Å². The molecule has 0 atom stereocenters. The molecule has 2 N–H and O–H groups in total. The standard InChI is InChI=1S/C13H8Br4O6S2/c14-8-1-3-10(24(18,19)20)12(16)6(8)5-7-9(15)2-4-11(13(7)17)25(21,22)23/h1-4H,5H2,(H,18,19,20)(H,21,22,23). The van der Waals surface area contributed by atoms with Crippen molar-refractivity contribution in [2.45, 2.75) is 16.2 Å². The van der Waals surface area contributed by atoms with Crippen molar-refractivity contribution in [2.24, 2.45) is 0 Å². The maximum absolute atomic E-state index is 11.5. The lowest BCUT2D eigenvalue weighted by Gasteiger charge is -2.14. The summed E-state index contributed by atoms with van der Waals surface area (Å²) in [6.07, 6.45) is 0.0923. The Hall–Kier alpha value is 0.180. The van der Waals surface area contributed by atoms with Gasteiger partial charge in [-0.1, -0.05) is 31.9 Å². The first kappa shape index (κ1) is 21.5. The number of hydrogen-bond acceptors (Lipinski definition) is 4. The molecule has 0 aliphatic rings. The summed E-state index contributed by atoms with van der Waals surface area (Å²) < 4.78 is 65.9. The lowest BCUT2D eigenvalue weighted by molar-refractivity contribution is 0.480. The van der Waals surface area contributed by atoms with Crippen LogP contribution in [0.3, 0.4) is 0 Å². The minimum absolute atomic E-state index is 0.0923. The Kier molecular flexibility index (Phi) is 6.58. The smallest absolute Gasteiger partial charge is 0.282 e. The SMILES string of the molecule is O=S(=O)(O)c1ccc(Br)c(Cc2c(Br)ccc(S(=O)(=O)O)c2Br)c1Br. The van der Waals surface area contributed by atoms with Crippen LogP contribution in [0, 0.1) is 0 Å². The molecule has 0 aromatic heterocycles. The molecule has 2 aromatic carbocycles. The second kappa shape index (κ2) is 7.66. The average Bonchev–Trinajstić information content (AvgIpc) is 2.43. The number of halogens is 4. The number of rotatable bonds is 4. The van der Waals surface area contributed by atoms with Crippen LogP contribution in [-0.2, 0) is 26.7 Å². The van der Waals surface area contributed by atoms with Crippen LogP contribution < -0.4 is 0 Å². The highest BCUT2D eigenvalue weighted by molar-refractivity contribution is 9.11. The molecule has 0 spiro atoms. The molecule has 25 heavy (non-hydrogen) atoms. The fourth-order valence-corrected chi connectivity index (χ4v) is 6.90. The molecular formula is C13H8Br4O6S2. The Labute approximate surface area is 178 Å². The molecule has 0 amide bonds. The van der Waals surface area contributed by atoms with Crippen LogP contribution in [-0.4, -0.2) is 25.9 Å². The molecular weight excluding hydrogens is 636 g/mol. The number of benzene rings is 2. The Morgan fingerprint density at radius 2 is 1.00 bits per heavy atom. The first-order chi connectivity index (χ1) is 11.3. The van der Waals surface area contributed by atoms with E-state index in [-0.39, 0.29) is 25.2 Å². The fourth-order valence-electron chi connectivity index (χ4n) is 2.05.